The highest BCUT2D eigenvalue weighted by Crippen LogP contribution is 2.09. The topological polar surface area (TPSA) is 0 Å². The molecule has 0 atom stereocenters. The lowest BCUT2D eigenvalue weighted by atomic mass is 10.0. The largest absolute Gasteiger partial charge is 0.0982 e. The van der Waals surface area contributed by atoms with Gasteiger partial charge in [0.15, 0.2) is 0 Å². The van der Waals surface area contributed by atoms with Crippen LogP contribution in [0, 0.1) is 23.7 Å². The molecule has 0 saturated carbocycles. The average Bonchev–Trinajstić information content (AvgIpc) is 2.48. The molecule has 0 amide bonds. The molecule has 1 aliphatic rings. The van der Waals surface area contributed by atoms with E-state index in [9.17, 15) is 0 Å². The smallest absolute Gasteiger partial charge is 0.0340 e. The quantitative estimate of drug-likeness (QED) is 0.632. The number of hydrogen-bond donors (Lipinski definition) is 0. The third-order valence-corrected chi connectivity index (χ3v) is 3.40. The van der Waals surface area contributed by atoms with Gasteiger partial charge in [-0.3, -0.25) is 0 Å². The van der Waals surface area contributed by atoms with Crippen LogP contribution in [0.4, 0.5) is 0 Å². The van der Waals surface area contributed by atoms with Gasteiger partial charge in [0.2, 0.25) is 0 Å². The SMILES string of the molecule is C1#CCc2cccc(c2)CC#CCc2cccc(c2)C1. The molecule has 0 heteroatoms. The van der Waals surface area contributed by atoms with Crippen LogP contribution < -0.4 is 0 Å². The molecular formula is C20H16. The Kier molecular flexibility index (Phi) is 3.86. The normalized spacial score (nSPS) is 13.2. The highest BCUT2D eigenvalue weighted by atomic mass is 14.0. The summed E-state index contributed by atoms with van der Waals surface area (Å²) in [6, 6.07) is 17.2. The molecule has 0 fully saturated rings. The summed E-state index contributed by atoms with van der Waals surface area (Å²) in [4.78, 5) is 0. The summed E-state index contributed by atoms with van der Waals surface area (Å²) >= 11 is 0. The third-order valence-electron chi connectivity index (χ3n) is 3.40. The lowest BCUT2D eigenvalue weighted by molar-refractivity contribution is 1.21. The Morgan fingerprint density at radius 2 is 0.800 bits per heavy atom. The number of benzene rings is 2. The van der Waals surface area contributed by atoms with Gasteiger partial charge in [0.25, 0.3) is 0 Å². The highest BCUT2D eigenvalue weighted by Gasteiger charge is 1.96. The van der Waals surface area contributed by atoms with Crippen LogP contribution in [0.2, 0.25) is 0 Å². The molecule has 0 saturated heterocycles. The molecule has 2 aromatic carbocycles. The van der Waals surface area contributed by atoms with Crippen molar-refractivity contribution in [3.8, 4) is 23.7 Å². The maximum atomic E-state index is 3.27. The second kappa shape index (κ2) is 6.14. The van der Waals surface area contributed by atoms with Crippen molar-refractivity contribution in [3.63, 3.8) is 0 Å². The number of fused-ring (bicyclic) bond motifs is 4. The molecule has 0 unspecified atom stereocenters. The van der Waals surface area contributed by atoms with Gasteiger partial charge < -0.3 is 0 Å². The van der Waals surface area contributed by atoms with Gasteiger partial charge in [-0.25, -0.2) is 0 Å². The molecule has 1 aliphatic carbocycles. The Labute approximate surface area is 120 Å². The molecule has 0 aliphatic heterocycles. The molecule has 0 spiro atoms. The van der Waals surface area contributed by atoms with Crippen molar-refractivity contribution < 1.29 is 0 Å². The summed E-state index contributed by atoms with van der Waals surface area (Å²) in [5.74, 6) is 13.1. The van der Waals surface area contributed by atoms with Gasteiger partial charge >= 0.3 is 0 Å². The Morgan fingerprint density at radius 1 is 0.500 bits per heavy atom. The van der Waals surface area contributed by atoms with Gasteiger partial charge in [-0.1, -0.05) is 72.2 Å². The van der Waals surface area contributed by atoms with Crippen LogP contribution in [0.15, 0.2) is 48.5 Å². The zero-order valence-electron chi connectivity index (χ0n) is 11.4. The predicted octanol–water partition coefficient (Wildman–Crippen LogP) is 3.58. The van der Waals surface area contributed by atoms with Crippen molar-refractivity contribution in [2.24, 2.45) is 0 Å². The molecule has 0 radical (unpaired) electrons. The predicted molar refractivity (Wildman–Crippen MR) is 83.3 cm³/mol. The average molecular weight is 256 g/mol. The van der Waals surface area contributed by atoms with E-state index in [1.165, 1.54) is 22.3 Å². The van der Waals surface area contributed by atoms with E-state index in [2.05, 4.69) is 72.2 Å². The minimum absolute atomic E-state index is 0.820. The van der Waals surface area contributed by atoms with Crippen molar-refractivity contribution in [1.82, 2.24) is 0 Å². The summed E-state index contributed by atoms with van der Waals surface area (Å²) < 4.78 is 0. The van der Waals surface area contributed by atoms with E-state index in [4.69, 9.17) is 0 Å². The van der Waals surface area contributed by atoms with Crippen LogP contribution >= 0.6 is 0 Å². The van der Waals surface area contributed by atoms with Crippen LogP contribution in [-0.2, 0) is 25.7 Å². The first-order valence-electron chi connectivity index (χ1n) is 6.97. The Morgan fingerprint density at radius 3 is 1.10 bits per heavy atom. The monoisotopic (exact) mass is 256 g/mol. The van der Waals surface area contributed by atoms with Gasteiger partial charge in [0.05, 0.1) is 0 Å². The van der Waals surface area contributed by atoms with Crippen molar-refractivity contribution in [2.75, 3.05) is 0 Å². The summed E-state index contributed by atoms with van der Waals surface area (Å²) in [5, 5.41) is 0. The van der Waals surface area contributed by atoms with Crippen molar-refractivity contribution in [2.45, 2.75) is 25.7 Å². The van der Waals surface area contributed by atoms with Crippen molar-refractivity contribution in [1.29, 1.82) is 0 Å². The lowest BCUT2D eigenvalue weighted by Crippen LogP contribution is -1.90. The molecule has 20 heavy (non-hydrogen) atoms. The molecule has 0 N–H and O–H groups in total. The Bertz CT molecular complexity index is 614. The lowest BCUT2D eigenvalue weighted by Gasteiger charge is -2.01. The summed E-state index contributed by atoms with van der Waals surface area (Å²) in [5.41, 5.74) is 5.12. The fourth-order valence-electron chi connectivity index (χ4n) is 2.36. The summed E-state index contributed by atoms with van der Waals surface area (Å²) in [6.45, 7) is 0. The zero-order chi connectivity index (χ0) is 13.6. The molecule has 0 heterocycles. The molecule has 2 aromatic rings. The van der Waals surface area contributed by atoms with E-state index in [1.807, 2.05) is 0 Å². The van der Waals surface area contributed by atoms with Crippen LogP contribution in [0.1, 0.15) is 22.3 Å². The fourth-order valence-corrected chi connectivity index (χ4v) is 2.36. The molecule has 0 aromatic heterocycles. The van der Waals surface area contributed by atoms with Gasteiger partial charge in [0.1, 0.15) is 0 Å². The third kappa shape index (κ3) is 3.31. The van der Waals surface area contributed by atoms with E-state index in [-0.39, 0.29) is 0 Å². The molecule has 4 bridgehead atoms. The summed E-state index contributed by atoms with van der Waals surface area (Å²) in [6.07, 6.45) is 3.28. The first-order chi connectivity index (χ1) is 9.90. The first kappa shape index (κ1) is 12.6. The summed E-state index contributed by atoms with van der Waals surface area (Å²) in [7, 11) is 0. The first-order valence-corrected chi connectivity index (χ1v) is 6.97. The van der Waals surface area contributed by atoms with Crippen LogP contribution in [0.25, 0.3) is 0 Å². The van der Waals surface area contributed by atoms with Gasteiger partial charge in [-0.05, 0) is 22.3 Å². The number of rotatable bonds is 0. The maximum absolute atomic E-state index is 3.27. The van der Waals surface area contributed by atoms with E-state index in [0.717, 1.165) is 25.7 Å². The second-order valence-electron chi connectivity index (χ2n) is 5.05. The molecular weight excluding hydrogens is 240 g/mol. The molecule has 0 nitrogen and oxygen atoms in total. The van der Waals surface area contributed by atoms with Gasteiger partial charge in [-0.2, -0.15) is 0 Å². The minimum Gasteiger partial charge on any atom is -0.0982 e. The number of hydrogen-bond acceptors (Lipinski definition) is 0. The van der Waals surface area contributed by atoms with E-state index in [1.54, 1.807) is 0 Å². The molecule has 3 rings (SSSR count). The fraction of sp³-hybridized carbons (Fsp3) is 0.200. The minimum atomic E-state index is 0.820. The standard InChI is InChI=1S/C20H16/c1-2-8-18-12-6-14-20(16-18)10-4-3-9-19-13-5-11-17(7-1)15-19/h5-6,11-16H,7-10H2. The Balaban J connectivity index is 1.91. The highest BCUT2D eigenvalue weighted by molar-refractivity contribution is 5.33. The molecule has 96 valence electrons. The van der Waals surface area contributed by atoms with Gasteiger partial charge in [0, 0.05) is 25.7 Å². The van der Waals surface area contributed by atoms with Crippen LogP contribution in [0.5, 0.6) is 0 Å². The van der Waals surface area contributed by atoms with Crippen LogP contribution in [0.3, 0.4) is 0 Å². The maximum Gasteiger partial charge on any atom is 0.0340 e. The second-order valence-corrected chi connectivity index (χ2v) is 5.05. The van der Waals surface area contributed by atoms with E-state index in [0.29, 0.717) is 0 Å². The van der Waals surface area contributed by atoms with Crippen molar-refractivity contribution in [3.05, 3.63) is 70.8 Å². The van der Waals surface area contributed by atoms with Crippen molar-refractivity contribution >= 4 is 0 Å². The van der Waals surface area contributed by atoms with E-state index < -0.39 is 0 Å². The van der Waals surface area contributed by atoms with Crippen LogP contribution in [-0.4, -0.2) is 0 Å². The van der Waals surface area contributed by atoms with Gasteiger partial charge in [-0.15, -0.1) is 0 Å². The van der Waals surface area contributed by atoms with E-state index >= 15 is 0 Å². The Hall–Kier alpha value is -2.44. The zero-order valence-corrected chi connectivity index (χ0v) is 11.4.